The van der Waals surface area contributed by atoms with Crippen molar-refractivity contribution in [1.29, 1.82) is 0 Å². The fourth-order valence-electron chi connectivity index (χ4n) is 2.51. The lowest BCUT2D eigenvalue weighted by atomic mass is 9.96. The van der Waals surface area contributed by atoms with Crippen molar-refractivity contribution in [3.05, 3.63) is 69.7 Å². The average molecular weight is 346 g/mol. The number of rotatable bonds is 7. The normalized spacial score (nSPS) is 12.3. The van der Waals surface area contributed by atoms with Gasteiger partial charge in [-0.05, 0) is 54.6 Å². The van der Waals surface area contributed by atoms with E-state index < -0.39 is 0 Å². The summed E-state index contributed by atoms with van der Waals surface area (Å²) in [6.07, 6.45) is 3.28. The molecule has 0 aliphatic heterocycles. The molecule has 2 heteroatoms. The van der Waals surface area contributed by atoms with Crippen LogP contribution in [0.1, 0.15) is 43.0 Å². The van der Waals surface area contributed by atoms with Crippen molar-refractivity contribution in [3.63, 3.8) is 0 Å². The third kappa shape index (κ3) is 4.98. The van der Waals surface area contributed by atoms with E-state index in [4.69, 9.17) is 0 Å². The summed E-state index contributed by atoms with van der Waals surface area (Å²) >= 11 is 3.50. The highest BCUT2D eigenvalue weighted by Crippen LogP contribution is 2.21. The molecule has 0 saturated carbocycles. The molecule has 0 saturated heterocycles. The molecule has 0 spiro atoms. The van der Waals surface area contributed by atoms with Gasteiger partial charge in [0.05, 0.1) is 0 Å². The Hall–Kier alpha value is -1.12. The Morgan fingerprint density at radius 1 is 1.00 bits per heavy atom. The van der Waals surface area contributed by atoms with Gasteiger partial charge in [-0.2, -0.15) is 0 Å². The second-order valence-electron chi connectivity index (χ2n) is 5.44. The van der Waals surface area contributed by atoms with E-state index in [1.807, 2.05) is 0 Å². The SMILES string of the molecule is CCCNC(Cc1ccc(Br)cc1)c1cccc(CC)c1. The summed E-state index contributed by atoms with van der Waals surface area (Å²) in [5, 5.41) is 3.69. The van der Waals surface area contributed by atoms with Crippen molar-refractivity contribution >= 4 is 15.9 Å². The van der Waals surface area contributed by atoms with Crippen LogP contribution in [0.25, 0.3) is 0 Å². The van der Waals surface area contributed by atoms with Gasteiger partial charge < -0.3 is 5.32 Å². The summed E-state index contributed by atoms with van der Waals surface area (Å²) in [7, 11) is 0. The van der Waals surface area contributed by atoms with Gasteiger partial charge in [-0.3, -0.25) is 0 Å². The van der Waals surface area contributed by atoms with Gasteiger partial charge in [0, 0.05) is 10.5 Å². The molecule has 0 aliphatic rings. The summed E-state index contributed by atoms with van der Waals surface area (Å²) < 4.78 is 1.14. The van der Waals surface area contributed by atoms with Crippen molar-refractivity contribution in [2.75, 3.05) is 6.54 Å². The van der Waals surface area contributed by atoms with Gasteiger partial charge in [0.15, 0.2) is 0 Å². The average Bonchev–Trinajstić information content (AvgIpc) is 2.53. The summed E-state index contributed by atoms with van der Waals surface area (Å²) in [6, 6.07) is 18.0. The Morgan fingerprint density at radius 2 is 1.76 bits per heavy atom. The Morgan fingerprint density at radius 3 is 2.43 bits per heavy atom. The number of halogens is 1. The topological polar surface area (TPSA) is 12.0 Å². The van der Waals surface area contributed by atoms with Crippen LogP contribution in [-0.2, 0) is 12.8 Å². The molecule has 21 heavy (non-hydrogen) atoms. The van der Waals surface area contributed by atoms with Crippen molar-refractivity contribution in [2.45, 2.75) is 39.2 Å². The maximum Gasteiger partial charge on any atom is 0.0360 e. The molecule has 0 fully saturated rings. The lowest BCUT2D eigenvalue weighted by Crippen LogP contribution is -2.24. The lowest BCUT2D eigenvalue weighted by Gasteiger charge is -2.20. The van der Waals surface area contributed by atoms with Gasteiger partial charge >= 0.3 is 0 Å². The van der Waals surface area contributed by atoms with E-state index in [9.17, 15) is 0 Å². The molecular formula is C19H24BrN. The van der Waals surface area contributed by atoms with Crippen molar-refractivity contribution < 1.29 is 0 Å². The van der Waals surface area contributed by atoms with Gasteiger partial charge in [-0.15, -0.1) is 0 Å². The van der Waals surface area contributed by atoms with E-state index in [-0.39, 0.29) is 0 Å². The van der Waals surface area contributed by atoms with Crippen LogP contribution in [0, 0.1) is 0 Å². The monoisotopic (exact) mass is 345 g/mol. The number of hydrogen-bond acceptors (Lipinski definition) is 1. The summed E-state index contributed by atoms with van der Waals surface area (Å²) in [5.74, 6) is 0. The van der Waals surface area contributed by atoms with Gasteiger partial charge in [-0.25, -0.2) is 0 Å². The minimum atomic E-state index is 0.387. The molecule has 2 rings (SSSR count). The Labute approximate surface area is 136 Å². The molecule has 1 N–H and O–H groups in total. The van der Waals surface area contributed by atoms with Crippen LogP contribution in [0.2, 0.25) is 0 Å². The molecule has 0 aliphatic carbocycles. The molecule has 1 atom stereocenters. The summed E-state index contributed by atoms with van der Waals surface area (Å²) in [6.45, 7) is 5.48. The molecule has 112 valence electrons. The first kappa shape index (κ1) is 16.3. The zero-order valence-corrected chi connectivity index (χ0v) is 14.5. The van der Waals surface area contributed by atoms with Crippen molar-refractivity contribution in [2.24, 2.45) is 0 Å². The van der Waals surface area contributed by atoms with Crippen LogP contribution in [0.4, 0.5) is 0 Å². The molecular weight excluding hydrogens is 322 g/mol. The van der Waals surface area contributed by atoms with Crippen molar-refractivity contribution in [1.82, 2.24) is 5.32 Å². The van der Waals surface area contributed by atoms with Gasteiger partial charge in [-0.1, -0.05) is 66.2 Å². The first-order chi connectivity index (χ1) is 10.2. The zero-order valence-electron chi connectivity index (χ0n) is 12.9. The van der Waals surface area contributed by atoms with Gasteiger partial charge in [0.2, 0.25) is 0 Å². The van der Waals surface area contributed by atoms with Gasteiger partial charge in [0.1, 0.15) is 0 Å². The number of hydrogen-bond donors (Lipinski definition) is 1. The second kappa shape index (κ2) is 8.35. The lowest BCUT2D eigenvalue weighted by molar-refractivity contribution is 0.529. The van der Waals surface area contributed by atoms with Crippen molar-refractivity contribution in [3.8, 4) is 0 Å². The maximum absolute atomic E-state index is 3.69. The molecule has 0 amide bonds. The predicted octanol–water partition coefficient (Wildman–Crippen LogP) is 5.29. The standard InChI is InChI=1S/C19H24BrN/c1-3-12-21-19(14-16-8-10-18(20)11-9-16)17-7-5-6-15(4-2)13-17/h5-11,13,19,21H,3-4,12,14H2,1-2H3. The van der Waals surface area contributed by atoms with E-state index >= 15 is 0 Å². The highest BCUT2D eigenvalue weighted by molar-refractivity contribution is 9.10. The fraction of sp³-hybridized carbons (Fsp3) is 0.368. The van der Waals surface area contributed by atoms with Crippen LogP contribution in [0.3, 0.4) is 0 Å². The first-order valence-electron chi connectivity index (χ1n) is 7.79. The van der Waals surface area contributed by atoms with E-state index in [0.717, 1.165) is 30.3 Å². The molecule has 2 aromatic rings. The van der Waals surface area contributed by atoms with E-state index in [1.165, 1.54) is 16.7 Å². The Balaban J connectivity index is 2.18. The molecule has 0 heterocycles. The largest absolute Gasteiger partial charge is 0.310 e. The van der Waals surface area contributed by atoms with Crippen LogP contribution < -0.4 is 5.32 Å². The second-order valence-corrected chi connectivity index (χ2v) is 6.35. The van der Waals surface area contributed by atoms with Gasteiger partial charge in [0.25, 0.3) is 0 Å². The van der Waals surface area contributed by atoms with E-state index in [0.29, 0.717) is 6.04 Å². The van der Waals surface area contributed by atoms with Crippen LogP contribution in [0.5, 0.6) is 0 Å². The van der Waals surface area contributed by atoms with E-state index in [2.05, 4.69) is 83.6 Å². The minimum Gasteiger partial charge on any atom is -0.310 e. The highest BCUT2D eigenvalue weighted by atomic mass is 79.9. The fourth-order valence-corrected chi connectivity index (χ4v) is 2.78. The number of aryl methyl sites for hydroxylation is 1. The molecule has 2 aromatic carbocycles. The quantitative estimate of drug-likeness (QED) is 0.718. The first-order valence-corrected chi connectivity index (χ1v) is 8.59. The number of nitrogens with one attached hydrogen (secondary N) is 1. The number of benzene rings is 2. The molecule has 0 radical (unpaired) electrons. The molecule has 1 nitrogen and oxygen atoms in total. The molecule has 0 aromatic heterocycles. The summed E-state index contributed by atoms with van der Waals surface area (Å²) in [5.41, 5.74) is 4.17. The third-order valence-corrected chi connectivity index (χ3v) is 4.28. The highest BCUT2D eigenvalue weighted by Gasteiger charge is 2.12. The predicted molar refractivity (Wildman–Crippen MR) is 94.7 cm³/mol. The van der Waals surface area contributed by atoms with E-state index in [1.54, 1.807) is 0 Å². The van der Waals surface area contributed by atoms with Crippen LogP contribution >= 0.6 is 15.9 Å². The zero-order chi connectivity index (χ0) is 15.1. The summed E-state index contributed by atoms with van der Waals surface area (Å²) in [4.78, 5) is 0. The smallest absolute Gasteiger partial charge is 0.0360 e. The third-order valence-electron chi connectivity index (χ3n) is 3.76. The maximum atomic E-state index is 3.69. The molecule has 1 unspecified atom stereocenters. The molecule has 0 bridgehead atoms. The minimum absolute atomic E-state index is 0.387. The Kier molecular flexibility index (Phi) is 6.47. The van der Waals surface area contributed by atoms with Crippen LogP contribution in [0.15, 0.2) is 53.0 Å². The van der Waals surface area contributed by atoms with Crippen LogP contribution in [-0.4, -0.2) is 6.54 Å². The Bertz CT molecular complexity index is 548.